The van der Waals surface area contributed by atoms with Gasteiger partial charge < -0.3 is 9.52 Å². The van der Waals surface area contributed by atoms with E-state index in [-0.39, 0.29) is 24.4 Å². The van der Waals surface area contributed by atoms with E-state index < -0.39 is 23.0 Å². The van der Waals surface area contributed by atoms with Crippen molar-refractivity contribution in [3.63, 3.8) is 0 Å². The van der Waals surface area contributed by atoms with Crippen LogP contribution < -0.4 is 0 Å². The van der Waals surface area contributed by atoms with Gasteiger partial charge in [0, 0.05) is 0 Å². The van der Waals surface area contributed by atoms with Crippen LogP contribution in [0.15, 0.2) is 76.3 Å². The maximum absolute atomic E-state index is 13.1. The van der Waals surface area contributed by atoms with E-state index in [1.54, 1.807) is 18.2 Å². The molecule has 1 unspecified atom stereocenters. The van der Waals surface area contributed by atoms with Crippen molar-refractivity contribution in [3.05, 3.63) is 89.4 Å². The highest BCUT2D eigenvalue weighted by molar-refractivity contribution is 8.15. The molecular weight excluding hydrogens is 457 g/mol. The normalized spacial score (nSPS) is 17.7. The van der Waals surface area contributed by atoms with Crippen LogP contribution in [0, 0.1) is 0 Å². The molecule has 1 aromatic heterocycles. The topological polar surface area (TPSA) is 83.1 Å². The fourth-order valence-corrected chi connectivity index (χ4v) is 4.50. The minimum Gasteiger partial charge on any atom is -0.478 e. The molecule has 2 heterocycles. The van der Waals surface area contributed by atoms with Crippen molar-refractivity contribution >= 4 is 34.5 Å². The van der Waals surface area contributed by atoms with Gasteiger partial charge in [0.15, 0.2) is 5.17 Å². The van der Waals surface area contributed by atoms with E-state index in [4.69, 9.17) is 9.52 Å². The van der Waals surface area contributed by atoms with E-state index in [9.17, 15) is 22.8 Å². The molecule has 33 heavy (non-hydrogen) atoms. The Morgan fingerprint density at radius 3 is 2.52 bits per heavy atom. The van der Waals surface area contributed by atoms with Crippen LogP contribution in [0.3, 0.4) is 0 Å². The second-order valence-corrected chi connectivity index (χ2v) is 8.43. The molecule has 0 saturated carbocycles. The number of amidine groups is 1. The van der Waals surface area contributed by atoms with Gasteiger partial charge in [-0.25, -0.2) is 9.79 Å². The number of halogens is 3. The van der Waals surface area contributed by atoms with Crippen molar-refractivity contribution in [2.24, 2.45) is 4.99 Å². The van der Waals surface area contributed by atoms with E-state index in [0.29, 0.717) is 22.2 Å². The van der Waals surface area contributed by atoms with Crippen molar-refractivity contribution in [2.45, 2.75) is 24.4 Å². The summed E-state index contributed by atoms with van der Waals surface area (Å²) in [6, 6.07) is 14.2. The second kappa shape index (κ2) is 9.14. The summed E-state index contributed by atoms with van der Waals surface area (Å²) >= 11 is 1.15. The van der Waals surface area contributed by atoms with Crippen LogP contribution in [-0.2, 0) is 23.9 Å². The Bertz CT molecular complexity index is 1190. The number of amides is 1. The van der Waals surface area contributed by atoms with Crippen LogP contribution in [0.1, 0.15) is 27.2 Å². The van der Waals surface area contributed by atoms with E-state index >= 15 is 0 Å². The number of carboxylic acid groups (broad SMARTS) is 1. The average Bonchev–Trinajstić information content (AvgIpc) is 3.38. The molecule has 4 rings (SSSR count). The first kappa shape index (κ1) is 22.7. The van der Waals surface area contributed by atoms with Crippen LogP contribution in [-0.4, -0.2) is 32.3 Å². The predicted octanol–water partition coefficient (Wildman–Crippen LogP) is 5.37. The van der Waals surface area contributed by atoms with Crippen LogP contribution in [0.5, 0.6) is 0 Å². The molecule has 0 bridgehead atoms. The van der Waals surface area contributed by atoms with E-state index in [2.05, 4.69) is 4.99 Å². The van der Waals surface area contributed by atoms with Gasteiger partial charge in [0.2, 0.25) is 5.91 Å². The monoisotopic (exact) mass is 474 g/mol. The molecule has 170 valence electrons. The number of furan rings is 1. The molecule has 1 aliphatic rings. The van der Waals surface area contributed by atoms with Gasteiger partial charge in [-0.2, -0.15) is 13.2 Å². The van der Waals surface area contributed by atoms with Gasteiger partial charge in [-0.05, 0) is 54.4 Å². The molecule has 1 amide bonds. The van der Waals surface area contributed by atoms with Gasteiger partial charge in [0.25, 0.3) is 0 Å². The molecule has 1 atom stereocenters. The van der Waals surface area contributed by atoms with Gasteiger partial charge >= 0.3 is 12.1 Å². The van der Waals surface area contributed by atoms with Crippen LogP contribution >= 0.6 is 11.8 Å². The zero-order valence-electron chi connectivity index (χ0n) is 17.0. The maximum atomic E-state index is 13.1. The van der Waals surface area contributed by atoms with E-state index in [1.807, 2.05) is 0 Å². The fourth-order valence-electron chi connectivity index (χ4n) is 3.31. The molecule has 1 aliphatic heterocycles. The van der Waals surface area contributed by atoms with Crippen molar-refractivity contribution in [3.8, 4) is 0 Å². The molecular formula is C23H17F3N2O4S. The summed E-state index contributed by atoms with van der Waals surface area (Å²) in [5.41, 5.74) is 0.166. The number of carboxylic acids is 1. The lowest BCUT2D eigenvalue weighted by Gasteiger charge is -2.15. The zero-order valence-corrected chi connectivity index (χ0v) is 17.8. The molecule has 0 spiro atoms. The number of carbonyl (C=O) groups is 2. The number of rotatable bonds is 6. The van der Waals surface area contributed by atoms with Gasteiger partial charge in [0.05, 0.1) is 34.9 Å². The number of aromatic carboxylic acids is 1. The van der Waals surface area contributed by atoms with Crippen molar-refractivity contribution < 1.29 is 32.3 Å². The number of aliphatic imine (C=N–C) groups is 1. The summed E-state index contributed by atoms with van der Waals surface area (Å²) in [6.07, 6.45) is -2.90. The Balaban J connectivity index is 1.61. The van der Waals surface area contributed by atoms with Gasteiger partial charge in [-0.15, -0.1) is 0 Å². The first-order valence-electron chi connectivity index (χ1n) is 9.79. The molecule has 1 fully saturated rings. The van der Waals surface area contributed by atoms with Crippen LogP contribution in [0.25, 0.3) is 0 Å². The SMILES string of the molecule is O=C(O)c1ccc(N=C2SC(Cc3cccc(C(F)(F)F)c3)C(=O)N2Cc2ccco2)cc1. The predicted molar refractivity (Wildman–Crippen MR) is 116 cm³/mol. The summed E-state index contributed by atoms with van der Waals surface area (Å²) in [5, 5.41) is 8.74. The summed E-state index contributed by atoms with van der Waals surface area (Å²) in [4.78, 5) is 30.1. The van der Waals surface area contributed by atoms with Gasteiger partial charge in [0.1, 0.15) is 5.76 Å². The number of benzene rings is 2. The van der Waals surface area contributed by atoms with Crippen LogP contribution in [0.2, 0.25) is 0 Å². The standard InChI is InChI=1S/C23H17F3N2O4S/c24-23(25,26)16-4-1-3-14(11-16)12-19-20(29)28(13-18-5-2-10-32-18)22(33-19)27-17-8-6-15(7-9-17)21(30)31/h1-11,19H,12-13H2,(H,30,31). The Labute approximate surface area is 190 Å². The Hall–Kier alpha value is -3.53. The quantitative estimate of drug-likeness (QED) is 0.519. The summed E-state index contributed by atoms with van der Waals surface area (Å²) < 4.78 is 44.5. The average molecular weight is 474 g/mol. The first-order chi connectivity index (χ1) is 15.7. The van der Waals surface area contributed by atoms with Crippen molar-refractivity contribution in [1.29, 1.82) is 0 Å². The minimum atomic E-state index is -4.47. The van der Waals surface area contributed by atoms with Crippen LogP contribution in [0.4, 0.5) is 18.9 Å². The Morgan fingerprint density at radius 1 is 1.12 bits per heavy atom. The fraction of sp³-hybridized carbons (Fsp3) is 0.174. The number of hydrogen-bond donors (Lipinski definition) is 1. The van der Waals surface area contributed by atoms with E-state index in [1.165, 1.54) is 41.5 Å². The Kier molecular flexibility index (Phi) is 6.28. The molecule has 0 aliphatic carbocycles. The second-order valence-electron chi connectivity index (χ2n) is 7.26. The zero-order chi connectivity index (χ0) is 23.6. The smallest absolute Gasteiger partial charge is 0.416 e. The molecule has 6 nitrogen and oxygen atoms in total. The highest BCUT2D eigenvalue weighted by Crippen LogP contribution is 2.35. The van der Waals surface area contributed by atoms with Gasteiger partial charge in [-0.3, -0.25) is 9.69 Å². The number of thioether (sulfide) groups is 1. The third kappa shape index (κ3) is 5.28. The first-order valence-corrected chi connectivity index (χ1v) is 10.7. The minimum absolute atomic E-state index is 0.0963. The lowest BCUT2D eigenvalue weighted by atomic mass is 10.1. The molecule has 1 N–H and O–H groups in total. The lowest BCUT2D eigenvalue weighted by molar-refractivity contribution is -0.137. The largest absolute Gasteiger partial charge is 0.478 e. The number of carbonyl (C=O) groups excluding carboxylic acids is 1. The van der Waals surface area contributed by atoms with Crippen molar-refractivity contribution in [2.75, 3.05) is 0 Å². The molecule has 1 saturated heterocycles. The molecule has 2 aromatic carbocycles. The third-order valence-corrected chi connectivity index (χ3v) is 6.10. The summed E-state index contributed by atoms with van der Waals surface area (Å²) in [6.45, 7) is 0.115. The summed E-state index contributed by atoms with van der Waals surface area (Å²) in [7, 11) is 0. The van der Waals surface area contributed by atoms with E-state index in [0.717, 1.165) is 23.9 Å². The molecule has 10 heteroatoms. The highest BCUT2D eigenvalue weighted by Gasteiger charge is 2.39. The molecule has 3 aromatic rings. The highest BCUT2D eigenvalue weighted by atomic mass is 32.2. The number of alkyl halides is 3. The number of nitrogens with zero attached hydrogens (tertiary/aromatic N) is 2. The molecule has 0 radical (unpaired) electrons. The van der Waals surface area contributed by atoms with Gasteiger partial charge in [-0.1, -0.05) is 30.0 Å². The Morgan fingerprint density at radius 2 is 1.88 bits per heavy atom. The maximum Gasteiger partial charge on any atom is 0.416 e. The third-order valence-electron chi connectivity index (χ3n) is 4.93. The summed E-state index contributed by atoms with van der Waals surface area (Å²) in [5.74, 6) is -0.840. The number of hydrogen-bond acceptors (Lipinski definition) is 5. The lowest BCUT2D eigenvalue weighted by Crippen LogP contribution is -2.32. The van der Waals surface area contributed by atoms with Crippen molar-refractivity contribution in [1.82, 2.24) is 4.90 Å².